The van der Waals surface area contributed by atoms with Crippen molar-refractivity contribution in [2.45, 2.75) is 31.8 Å². The second-order valence-corrected chi connectivity index (χ2v) is 6.54. The summed E-state index contributed by atoms with van der Waals surface area (Å²) in [7, 11) is 0. The molecule has 0 radical (unpaired) electrons. The van der Waals surface area contributed by atoms with Gasteiger partial charge in [-0.25, -0.2) is 4.39 Å². The highest BCUT2D eigenvalue weighted by Crippen LogP contribution is 2.44. The zero-order chi connectivity index (χ0) is 15.7. The predicted molar refractivity (Wildman–Crippen MR) is 79.9 cm³/mol. The fraction of sp³-hybridized carbons (Fsp3) is 0.588. The second-order valence-electron chi connectivity index (χ2n) is 6.54. The molecule has 2 aliphatic rings. The molecule has 2 atom stereocenters. The number of aliphatic hydroxyl groups is 1. The maximum atomic E-state index is 12.8. The summed E-state index contributed by atoms with van der Waals surface area (Å²) in [6.45, 7) is 2.88. The van der Waals surface area contributed by atoms with Gasteiger partial charge in [-0.2, -0.15) is 0 Å². The molecule has 1 aliphatic heterocycles. The van der Waals surface area contributed by atoms with E-state index in [0.29, 0.717) is 24.8 Å². The third kappa shape index (κ3) is 2.82. The highest BCUT2D eigenvalue weighted by molar-refractivity contribution is 5.78. The van der Waals surface area contributed by atoms with Crippen LogP contribution in [0.4, 0.5) is 4.39 Å². The maximum Gasteiger partial charge on any atom is 0.260 e. The molecule has 1 heterocycles. The number of hydrogen-bond acceptors (Lipinski definition) is 3. The summed E-state index contributed by atoms with van der Waals surface area (Å²) in [5, 5.41) is 10.8. The average Bonchev–Trinajstić information content (AvgIpc) is 2.72. The maximum absolute atomic E-state index is 12.8. The van der Waals surface area contributed by atoms with Crippen LogP contribution in [0.5, 0.6) is 5.75 Å². The molecule has 0 spiro atoms. The Morgan fingerprint density at radius 1 is 1.41 bits per heavy atom. The lowest BCUT2D eigenvalue weighted by molar-refractivity contribution is -0.134. The Morgan fingerprint density at radius 2 is 2.09 bits per heavy atom. The fourth-order valence-corrected chi connectivity index (χ4v) is 3.41. The topological polar surface area (TPSA) is 49.8 Å². The number of amides is 1. The number of β-amino-alcohol motifs (C(OH)–C–C–N with tert-alkyl or cyclic N) is 1. The summed E-state index contributed by atoms with van der Waals surface area (Å²) in [5.41, 5.74) is -0.746. The highest BCUT2D eigenvalue weighted by Gasteiger charge is 2.50. The van der Waals surface area contributed by atoms with Crippen molar-refractivity contribution in [3.05, 3.63) is 30.1 Å². The molecule has 1 saturated carbocycles. The van der Waals surface area contributed by atoms with Gasteiger partial charge < -0.3 is 14.7 Å². The number of ether oxygens (including phenoxy) is 1. The summed E-state index contributed by atoms with van der Waals surface area (Å²) in [4.78, 5) is 14.0. The van der Waals surface area contributed by atoms with E-state index in [4.69, 9.17) is 4.74 Å². The summed E-state index contributed by atoms with van der Waals surface area (Å²) >= 11 is 0. The van der Waals surface area contributed by atoms with Crippen LogP contribution in [0.15, 0.2) is 24.3 Å². The smallest absolute Gasteiger partial charge is 0.260 e. The van der Waals surface area contributed by atoms with Gasteiger partial charge in [0.2, 0.25) is 0 Å². The number of hydrogen-bond donors (Lipinski definition) is 1. The van der Waals surface area contributed by atoms with Gasteiger partial charge in [0.25, 0.3) is 5.91 Å². The Bertz CT molecular complexity index is 543. The summed E-state index contributed by atoms with van der Waals surface area (Å²) in [6, 6.07) is 5.60. The van der Waals surface area contributed by atoms with Gasteiger partial charge in [0.15, 0.2) is 6.61 Å². The van der Waals surface area contributed by atoms with Gasteiger partial charge in [-0.15, -0.1) is 0 Å². The standard InChI is InChI=1S/C17H22FNO3/c1-12-9-19(11-17(12,21)13-3-2-4-13)16(20)10-22-15-7-5-14(18)6-8-15/h5-8,12-13,21H,2-4,9-11H2,1H3/t12-,17+/m0/s1. The SMILES string of the molecule is C[C@H]1CN(C(=O)COc2ccc(F)cc2)C[C@]1(O)C1CCC1. The van der Waals surface area contributed by atoms with Crippen LogP contribution in [0.25, 0.3) is 0 Å². The number of nitrogens with zero attached hydrogens (tertiary/aromatic N) is 1. The molecule has 22 heavy (non-hydrogen) atoms. The number of rotatable bonds is 4. The molecule has 0 unspecified atom stereocenters. The van der Waals surface area contributed by atoms with E-state index in [1.165, 1.54) is 30.7 Å². The van der Waals surface area contributed by atoms with E-state index in [1.807, 2.05) is 6.92 Å². The molecule has 4 nitrogen and oxygen atoms in total. The number of likely N-dealkylation sites (tertiary alicyclic amines) is 1. The van der Waals surface area contributed by atoms with Crippen LogP contribution in [-0.4, -0.2) is 41.2 Å². The zero-order valence-electron chi connectivity index (χ0n) is 12.8. The Hall–Kier alpha value is -1.62. The minimum Gasteiger partial charge on any atom is -0.484 e. The van der Waals surface area contributed by atoms with Gasteiger partial charge in [-0.1, -0.05) is 13.3 Å². The molecule has 1 aromatic rings. The second kappa shape index (κ2) is 5.88. The van der Waals surface area contributed by atoms with Gasteiger partial charge in [-0.3, -0.25) is 4.79 Å². The van der Waals surface area contributed by atoms with Crippen molar-refractivity contribution in [1.29, 1.82) is 0 Å². The molecular weight excluding hydrogens is 285 g/mol. The van der Waals surface area contributed by atoms with E-state index >= 15 is 0 Å². The zero-order valence-corrected chi connectivity index (χ0v) is 12.8. The molecule has 1 amide bonds. The van der Waals surface area contributed by atoms with Crippen molar-refractivity contribution in [1.82, 2.24) is 4.90 Å². The lowest BCUT2D eigenvalue weighted by Crippen LogP contribution is -2.48. The van der Waals surface area contributed by atoms with E-state index in [-0.39, 0.29) is 24.2 Å². The Kier molecular flexibility index (Phi) is 4.08. The number of carbonyl (C=O) groups is 1. The molecule has 0 aromatic heterocycles. The number of halogens is 1. The quantitative estimate of drug-likeness (QED) is 0.928. The minimum atomic E-state index is -0.746. The molecule has 1 saturated heterocycles. The molecule has 1 N–H and O–H groups in total. The summed E-state index contributed by atoms with van der Waals surface area (Å²) in [6.07, 6.45) is 3.27. The van der Waals surface area contributed by atoms with Crippen LogP contribution in [0.1, 0.15) is 26.2 Å². The first-order chi connectivity index (χ1) is 10.5. The van der Waals surface area contributed by atoms with Crippen molar-refractivity contribution in [3.63, 3.8) is 0 Å². The van der Waals surface area contributed by atoms with Crippen molar-refractivity contribution in [3.8, 4) is 5.75 Å². The third-order valence-electron chi connectivity index (χ3n) is 5.13. The number of carbonyl (C=O) groups excluding carboxylic acids is 1. The monoisotopic (exact) mass is 307 g/mol. The molecule has 120 valence electrons. The Balaban J connectivity index is 1.55. The van der Waals surface area contributed by atoms with Crippen LogP contribution in [0, 0.1) is 17.7 Å². The van der Waals surface area contributed by atoms with Crippen molar-refractivity contribution >= 4 is 5.91 Å². The minimum absolute atomic E-state index is 0.0842. The van der Waals surface area contributed by atoms with Crippen LogP contribution in [-0.2, 0) is 4.79 Å². The van der Waals surface area contributed by atoms with Crippen LogP contribution < -0.4 is 4.74 Å². The van der Waals surface area contributed by atoms with Gasteiger partial charge in [0, 0.05) is 12.5 Å². The molecule has 2 fully saturated rings. The van der Waals surface area contributed by atoms with Gasteiger partial charge in [0.05, 0.1) is 12.1 Å². The van der Waals surface area contributed by atoms with E-state index in [9.17, 15) is 14.3 Å². The molecule has 0 bridgehead atoms. The summed E-state index contributed by atoms with van der Waals surface area (Å²) < 4.78 is 18.2. The predicted octanol–water partition coefficient (Wildman–Crippen LogP) is 2.21. The highest BCUT2D eigenvalue weighted by atomic mass is 19.1. The van der Waals surface area contributed by atoms with Gasteiger partial charge in [0.1, 0.15) is 11.6 Å². The van der Waals surface area contributed by atoms with E-state index in [1.54, 1.807) is 4.90 Å². The first kappa shape index (κ1) is 15.3. The van der Waals surface area contributed by atoms with Gasteiger partial charge >= 0.3 is 0 Å². The molecule has 3 rings (SSSR count). The summed E-state index contributed by atoms with van der Waals surface area (Å²) in [5.74, 6) is 0.408. The fourth-order valence-electron chi connectivity index (χ4n) is 3.41. The molecule has 1 aliphatic carbocycles. The lowest BCUT2D eigenvalue weighted by atomic mass is 9.69. The molecule has 1 aromatic carbocycles. The van der Waals surface area contributed by atoms with Crippen LogP contribution >= 0.6 is 0 Å². The largest absolute Gasteiger partial charge is 0.484 e. The van der Waals surface area contributed by atoms with Crippen molar-refractivity contribution in [2.24, 2.45) is 11.8 Å². The first-order valence-corrected chi connectivity index (χ1v) is 7.87. The Labute approximate surface area is 129 Å². The van der Waals surface area contributed by atoms with Crippen molar-refractivity contribution < 1.29 is 19.0 Å². The number of benzene rings is 1. The molecular formula is C17H22FNO3. The van der Waals surface area contributed by atoms with Crippen LogP contribution in [0.3, 0.4) is 0 Å². The lowest BCUT2D eigenvalue weighted by Gasteiger charge is -2.41. The average molecular weight is 307 g/mol. The van der Waals surface area contributed by atoms with Gasteiger partial charge in [-0.05, 0) is 43.0 Å². The van der Waals surface area contributed by atoms with E-state index in [2.05, 4.69) is 0 Å². The van der Waals surface area contributed by atoms with Crippen LogP contribution in [0.2, 0.25) is 0 Å². The van der Waals surface area contributed by atoms with E-state index in [0.717, 1.165) is 12.8 Å². The normalized spacial score (nSPS) is 28.5. The molecule has 5 heteroatoms. The van der Waals surface area contributed by atoms with Crippen molar-refractivity contribution in [2.75, 3.05) is 19.7 Å². The third-order valence-corrected chi connectivity index (χ3v) is 5.13. The van der Waals surface area contributed by atoms with E-state index < -0.39 is 5.60 Å². The Morgan fingerprint density at radius 3 is 2.68 bits per heavy atom. The first-order valence-electron chi connectivity index (χ1n) is 7.87.